The Morgan fingerprint density at radius 3 is 2.71 bits per heavy atom. The van der Waals surface area contributed by atoms with Crippen molar-refractivity contribution in [1.82, 2.24) is 20.1 Å². The molecule has 0 aliphatic heterocycles. The van der Waals surface area contributed by atoms with Crippen LogP contribution in [0.3, 0.4) is 0 Å². The van der Waals surface area contributed by atoms with Crippen LogP contribution >= 0.6 is 11.3 Å². The van der Waals surface area contributed by atoms with Crippen LogP contribution in [-0.4, -0.2) is 20.7 Å². The first kappa shape index (κ1) is 20.6. The van der Waals surface area contributed by atoms with Crippen molar-refractivity contribution < 1.29 is 13.6 Å². The van der Waals surface area contributed by atoms with Crippen LogP contribution < -0.4 is 5.32 Å². The third-order valence-corrected chi connectivity index (χ3v) is 5.64. The molecule has 0 fully saturated rings. The summed E-state index contributed by atoms with van der Waals surface area (Å²) in [6.45, 7) is 3.91. The summed E-state index contributed by atoms with van der Waals surface area (Å²) in [5.41, 5.74) is 1.28. The molecule has 0 spiro atoms. The zero-order chi connectivity index (χ0) is 22.1. The highest BCUT2D eigenvalue weighted by molar-refractivity contribution is 7.13. The molecule has 6 nitrogen and oxygen atoms in total. The van der Waals surface area contributed by atoms with Crippen LogP contribution in [0.4, 0.5) is 8.78 Å². The van der Waals surface area contributed by atoms with Crippen LogP contribution in [0.25, 0.3) is 21.6 Å². The predicted molar refractivity (Wildman–Crippen MR) is 113 cm³/mol. The van der Waals surface area contributed by atoms with Crippen molar-refractivity contribution in [1.29, 1.82) is 5.26 Å². The monoisotopic (exact) mass is 437 g/mol. The minimum atomic E-state index is -1.29. The number of carbonyl (C=O) groups is 1. The molecule has 9 heteroatoms. The molecular formula is C22H17F2N5OS. The van der Waals surface area contributed by atoms with Crippen molar-refractivity contribution in [3.05, 3.63) is 70.7 Å². The van der Waals surface area contributed by atoms with E-state index in [0.29, 0.717) is 22.8 Å². The second-order valence-corrected chi connectivity index (χ2v) is 8.10. The Bertz CT molecular complexity index is 1310. The Labute approximate surface area is 180 Å². The highest BCUT2D eigenvalue weighted by Gasteiger charge is 2.23. The number of pyridine rings is 1. The largest absolute Gasteiger partial charge is 0.332 e. The number of hydrogen-bond donors (Lipinski definition) is 1. The van der Waals surface area contributed by atoms with E-state index in [1.807, 2.05) is 37.4 Å². The highest BCUT2D eigenvalue weighted by Crippen LogP contribution is 2.29. The van der Waals surface area contributed by atoms with Crippen molar-refractivity contribution in [3.63, 3.8) is 0 Å². The van der Waals surface area contributed by atoms with E-state index >= 15 is 0 Å². The van der Waals surface area contributed by atoms with Gasteiger partial charge in [0, 0.05) is 17.7 Å². The van der Waals surface area contributed by atoms with Crippen LogP contribution in [0.1, 0.15) is 41.9 Å². The van der Waals surface area contributed by atoms with Gasteiger partial charge in [0.1, 0.15) is 17.7 Å². The molecule has 1 N–H and O–H groups in total. The zero-order valence-corrected chi connectivity index (χ0v) is 17.5. The first-order valence-electron chi connectivity index (χ1n) is 9.46. The Kier molecular flexibility index (Phi) is 5.48. The summed E-state index contributed by atoms with van der Waals surface area (Å²) in [5.74, 6) is -2.25. The number of amides is 1. The molecule has 0 saturated heterocycles. The molecule has 4 aromatic rings. The van der Waals surface area contributed by atoms with E-state index < -0.39 is 23.6 Å². The number of rotatable bonds is 5. The topological polar surface area (TPSA) is 83.6 Å². The van der Waals surface area contributed by atoms with Gasteiger partial charge in [0.2, 0.25) is 0 Å². The van der Waals surface area contributed by atoms with E-state index in [-0.39, 0.29) is 17.2 Å². The van der Waals surface area contributed by atoms with Gasteiger partial charge in [-0.15, -0.1) is 11.3 Å². The van der Waals surface area contributed by atoms with E-state index in [9.17, 15) is 18.8 Å². The zero-order valence-electron chi connectivity index (χ0n) is 16.6. The van der Waals surface area contributed by atoms with Crippen LogP contribution in [-0.2, 0) is 0 Å². The lowest BCUT2D eigenvalue weighted by molar-refractivity contribution is 0.0946. The Morgan fingerprint density at radius 2 is 2.06 bits per heavy atom. The van der Waals surface area contributed by atoms with Gasteiger partial charge in [-0.05, 0) is 37.4 Å². The lowest BCUT2D eigenvalue weighted by Gasteiger charge is -2.14. The lowest BCUT2D eigenvalue weighted by Crippen LogP contribution is -2.28. The molecule has 1 unspecified atom stereocenters. The first-order valence-corrected chi connectivity index (χ1v) is 10.3. The third-order valence-electron chi connectivity index (χ3n) is 4.75. The second-order valence-electron chi connectivity index (χ2n) is 7.15. The molecular weight excluding hydrogens is 420 g/mol. The quantitative estimate of drug-likeness (QED) is 0.476. The number of nitrogens with one attached hydrogen (secondary N) is 1. The minimum absolute atomic E-state index is 0.0136. The van der Waals surface area contributed by atoms with Crippen LogP contribution in [0, 0.1) is 23.0 Å². The maximum Gasteiger partial charge on any atom is 0.253 e. The normalized spacial score (nSPS) is 12.1. The molecule has 1 aromatic carbocycles. The van der Waals surface area contributed by atoms with Gasteiger partial charge in [0.05, 0.1) is 33.8 Å². The number of benzene rings is 1. The smallest absolute Gasteiger partial charge is 0.253 e. The van der Waals surface area contributed by atoms with Crippen molar-refractivity contribution in [3.8, 4) is 16.6 Å². The molecule has 3 heterocycles. The summed E-state index contributed by atoms with van der Waals surface area (Å²) in [6, 6.07) is 8.86. The summed E-state index contributed by atoms with van der Waals surface area (Å²) in [6.07, 6.45) is 1.55. The molecule has 1 amide bonds. The Balaban J connectivity index is 1.79. The fourth-order valence-corrected chi connectivity index (χ4v) is 3.94. The summed E-state index contributed by atoms with van der Waals surface area (Å²) in [7, 11) is 0. The Morgan fingerprint density at radius 1 is 1.26 bits per heavy atom. The van der Waals surface area contributed by atoms with E-state index in [1.54, 1.807) is 16.9 Å². The van der Waals surface area contributed by atoms with Crippen molar-refractivity contribution in [2.75, 3.05) is 0 Å². The molecule has 156 valence electrons. The van der Waals surface area contributed by atoms with Gasteiger partial charge in [0.15, 0.2) is 5.65 Å². The lowest BCUT2D eigenvalue weighted by atomic mass is 10.1. The molecule has 0 aliphatic carbocycles. The summed E-state index contributed by atoms with van der Waals surface area (Å²) in [4.78, 5) is 18.7. The van der Waals surface area contributed by atoms with Crippen molar-refractivity contribution in [2.45, 2.75) is 25.9 Å². The maximum atomic E-state index is 14.2. The van der Waals surface area contributed by atoms with Crippen molar-refractivity contribution in [2.24, 2.45) is 0 Å². The van der Waals surface area contributed by atoms with Crippen molar-refractivity contribution >= 4 is 28.3 Å². The van der Waals surface area contributed by atoms with Gasteiger partial charge in [-0.1, -0.05) is 12.1 Å². The van der Waals surface area contributed by atoms with Gasteiger partial charge in [-0.3, -0.25) is 4.79 Å². The molecule has 31 heavy (non-hydrogen) atoms. The first-order chi connectivity index (χ1) is 14.9. The molecule has 0 bridgehead atoms. The number of nitriles is 1. The number of halogens is 2. The van der Waals surface area contributed by atoms with E-state index in [4.69, 9.17) is 0 Å². The molecule has 0 radical (unpaired) electrons. The van der Waals surface area contributed by atoms with E-state index in [1.165, 1.54) is 11.3 Å². The minimum Gasteiger partial charge on any atom is -0.332 e. The fraction of sp³-hybridized carbons (Fsp3) is 0.182. The number of fused-ring (bicyclic) bond motifs is 1. The van der Waals surface area contributed by atoms with Gasteiger partial charge >= 0.3 is 0 Å². The average Bonchev–Trinajstić information content (AvgIpc) is 3.41. The SMILES string of the molecule is CC(C)n1ncc2c(C(=O)NC(C#N)c3ccc(F)cc3F)cc(-c3cccs3)nc21. The predicted octanol–water partition coefficient (Wildman–Crippen LogP) is 5.01. The average molecular weight is 437 g/mol. The van der Waals surface area contributed by atoms with Crippen LogP contribution in [0.15, 0.2) is 48.0 Å². The molecule has 1 atom stereocenters. The van der Waals surface area contributed by atoms with E-state index in [0.717, 1.165) is 17.0 Å². The third kappa shape index (κ3) is 3.90. The van der Waals surface area contributed by atoms with Gasteiger partial charge in [-0.25, -0.2) is 18.4 Å². The molecule has 4 rings (SSSR count). The molecule has 3 aromatic heterocycles. The number of hydrogen-bond acceptors (Lipinski definition) is 5. The molecule has 0 saturated carbocycles. The van der Waals surface area contributed by atoms with Crippen LogP contribution in [0.5, 0.6) is 0 Å². The number of carbonyl (C=O) groups excluding carboxylic acids is 1. The van der Waals surface area contributed by atoms with Gasteiger partial charge < -0.3 is 5.32 Å². The standard InChI is InChI=1S/C22H17F2N5OS/c1-12(2)29-21-16(11-26-29)15(9-18(27-21)20-4-3-7-31-20)22(30)28-19(10-25)14-6-5-13(23)8-17(14)24/h3-9,11-12,19H,1-2H3,(H,28,30). The fourth-order valence-electron chi connectivity index (χ4n) is 3.26. The summed E-state index contributed by atoms with van der Waals surface area (Å²) >= 11 is 1.48. The number of aromatic nitrogens is 3. The number of nitrogens with zero attached hydrogens (tertiary/aromatic N) is 4. The Hall–Kier alpha value is -3.64. The highest BCUT2D eigenvalue weighted by atomic mass is 32.1. The van der Waals surface area contributed by atoms with Crippen LogP contribution in [0.2, 0.25) is 0 Å². The maximum absolute atomic E-state index is 14.2. The van der Waals surface area contributed by atoms with Gasteiger partial charge in [-0.2, -0.15) is 10.4 Å². The summed E-state index contributed by atoms with van der Waals surface area (Å²) in [5, 5.41) is 18.8. The summed E-state index contributed by atoms with van der Waals surface area (Å²) < 4.78 is 29.1. The van der Waals surface area contributed by atoms with E-state index in [2.05, 4.69) is 15.4 Å². The van der Waals surface area contributed by atoms with Gasteiger partial charge in [0.25, 0.3) is 5.91 Å². The second kappa shape index (κ2) is 8.24. The molecule has 0 aliphatic rings. The number of thiophene rings is 1.